The lowest BCUT2D eigenvalue weighted by atomic mass is 10.1. The Labute approximate surface area is 205 Å². The number of anilines is 1. The molecule has 0 spiro atoms. The number of carboxylic acid groups (broad SMARTS) is 1. The molecule has 2 aromatic carbocycles. The second-order valence-corrected chi connectivity index (χ2v) is 10.5. The van der Waals surface area contributed by atoms with Gasteiger partial charge in [0.15, 0.2) is 0 Å². The van der Waals surface area contributed by atoms with E-state index in [0.29, 0.717) is 5.69 Å². The second-order valence-electron chi connectivity index (χ2n) is 7.19. The van der Waals surface area contributed by atoms with Crippen LogP contribution in [0.3, 0.4) is 0 Å². The quantitative estimate of drug-likeness (QED) is 0.321. The van der Waals surface area contributed by atoms with Crippen LogP contribution in [0.5, 0.6) is 0 Å². The Hall–Kier alpha value is -2.51. The average Bonchev–Trinajstić information content (AvgIpc) is 2.70. The summed E-state index contributed by atoms with van der Waals surface area (Å²) in [5, 5.41) is 8.96. The smallest absolute Gasteiger partial charge is 0.335 e. The van der Waals surface area contributed by atoms with E-state index in [1.807, 2.05) is 19.1 Å². The van der Waals surface area contributed by atoms with Gasteiger partial charge in [0, 0.05) is 25.0 Å². The van der Waals surface area contributed by atoms with Gasteiger partial charge in [0.05, 0.1) is 37.0 Å². The number of halogens is 1. The van der Waals surface area contributed by atoms with E-state index in [9.17, 15) is 21.6 Å². The van der Waals surface area contributed by atoms with Gasteiger partial charge in [-0.1, -0.05) is 6.07 Å². The third-order valence-electron chi connectivity index (χ3n) is 4.40. The minimum atomic E-state index is -3.61. The van der Waals surface area contributed by atoms with Crippen LogP contribution in [0.4, 0.5) is 11.4 Å². The summed E-state index contributed by atoms with van der Waals surface area (Å²) in [6.07, 6.45) is 3.56. The maximum atomic E-state index is 11.2. The molecule has 0 bridgehead atoms. The van der Waals surface area contributed by atoms with E-state index in [1.54, 1.807) is 29.3 Å². The van der Waals surface area contributed by atoms with Crippen molar-refractivity contribution in [1.29, 1.82) is 0 Å². The molecule has 0 radical (unpaired) electrons. The molecule has 13 heteroatoms. The predicted octanol–water partition coefficient (Wildman–Crippen LogP) is 2.62. The molecular weight excluding hydrogens is 508 g/mol. The molecule has 0 aromatic heterocycles. The van der Waals surface area contributed by atoms with Gasteiger partial charge in [-0.2, -0.15) is 16.8 Å². The number of aliphatic imine (C=N–C) groups is 1. The number of aromatic carboxylic acids is 1. The van der Waals surface area contributed by atoms with Gasteiger partial charge < -0.3 is 10.0 Å². The topological polar surface area (TPSA) is 140 Å². The average molecular weight is 535 g/mol. The third kappa shape index (κ3) is 10.6. The fourth-order valence-electron chi connectivity index (χ4n) is 2.80. The molecule has 0 saturated heterocycles. The highest BCUT2D eigenvalue weighted by molar-refractivity contribution is 7.86. The second kappa shape index (κ2) is 12.8. The van der Waals surface area contributed by atoms with Crippen molar-refractivity contribution in [2.45, 2.75) is 6.92 Å². The first kappa shape index (κ1) is 29.5. The molecule has 2 aromatic rings. The van der Waals surface area contributed by atoms with Crippen LogP contribution in [-0.4, -0.2) is 72.9 Å². The van der Waals surface area contributed by atoms with E-state index in [4.69, 9.17) is 13.5 Å². The highest BCUT2D eigenvalue weighted by atomic mass is 35.5. The molecule has 1 N–H and O–H groups in total. The lowest BCUT2D eigenvalue weighted by Gasteiger charge is -2.25. The molecule has 0 aliphatic heterocycles. The van der Waals surface area contributed by atoms with Crippen LogP contribution in [0.2, 0.25) is 0 Å². The number of benzene rings is 2. The Bertz CT molecular complexity index is 1180. The van der Waals surface area contributed by atoms with E-state index in [0.717, 1.165) is 29.3 Å². The zero-order chi connectivity index (χ0) is 24.6. The molecule has 0 amide bonds. The summed E-state index contributed by atoms with van der Waals surface area (Å²) in [7, 11) is -7.21. The molecule has 34 heavy (non-hydrogen) atoms. The number of hydrogen-bond acceptors (Lipinski definition) is 9. The first-order valence-electron chi connectivity index (χ1n) is 9.76. The third-order valence-corrected chi connectivity index (χ3v) is 5.59. The maximum Gasteiger partial charge on any atom is 0.335 e. The summed E-state index contributed by atoms with van der Waals surface area (Å²) >= 11 is 0. The van der Waals surface area contributed by atoms with Gasteiger partial charge in [-0.05, 0) is 54.4 Å². The summed E-state index contributed by atoms with van der Waals surface area (Å²) in [6.45, 7) is 2.06. The number of carbonyl (C=O) groups is 1. The van der Waals surface area contributed by atoms with Crippen molar-refractivity contribution in [2.24, 2.45) is 4.99 Å². The van der Waals surface area contributed by atoms with Gasteiger partial charge >= 0.3 is 5.97 Å². The van der Waals surface area contributed by atoms with Crippen LogP contribution < -0.4 is 4.90 Å². The predicted molar refractivity (Wildman–Crippen MR) is 133 cm³/mol. The molecule has 2 rings (SSSR count). The lowest BCUT2D eigenvalue weighted by molar-refractivity contribution is 0.0697. The minimum absolute atomic E-state index is 0. The Kier molecular flexibility index (Phi) is 11.1. The van der Waals surface area contributed by atoms with Gasteiger partial charge in [0.1, 0.15) is 0 Å². The van der Waals surface area contributed by atoms with E-state index in [-0.39, 0.29) is 44.3 Å². The van der Waals surface area contributed by atoms with E-state index in [1.165, 1.54) is 12.1 Å². The summed E-state index contributed by atoms with van der Waals surface area (Å²) in [5.74, 6) is -1.01. The SMILES string of the molecule is Cc1cc(N(CCOS(C)(=O)=O)CCOS(C)(=O)=O)ccc1C=Nc1ccc(C(=O)O)cc1.Cl. The van der Waals surface area contributed by atoms with Crippen LogP contribution in [-0.2, 0) is 28.6 Å². The Morgan fingerprint density at radius 3 is 1.94 bits per heavy atom. The summed E-state index contributed by atoms with van der Waals surface area (Å²) < 4.78 is 54.6. The number of rotatable bonds is 12. The Balaban J connectivity index is 0.00000578. The molecular formula is C21H27ClN2O8S2. The van der Waals surface area contributed by atoms with Crippen LogP contribution in [0.1, 0.15) is 21.5 Å². The summed E-state index contributed by atoms with van der Waals surface area (Å²) in [4.78, 5) is 17.1. The number of nitrogens with zero attached hydrogens (tertiary/aromatic N) is 2. The molecule has 0 heterocycles. The van der Waals surface area contributed by atoms with E-state index < -0.39 is 26.2 Å². The van der Waals surface area contributed by atoms with Crippen LogP contribution in [0.15, 0.2) is 47.5 Å². The lowest BCUT2D eigenvalue weighted by Crippen LogP contribution is -2.32. The zero-order valence-electron chi connectivity index (χ0n) is 18.9. The van der Waals surface area contributed by atoms with E-state index >= 15 is 0 Å². The van der Waals surface area contributed by atoms with Crippen molar-refractivity contribution >= 4 is 56.2 Å². The number of hydrogen-bond donors (Lipinski definition) is 1. The molecule has 0 aliphatic carbocycles. The van der Waals surface area contributed by atoms with Crippen molar-refractivity contribution in [3.63, 3.8) is 0 Å². The number of carboxylic acids is 1. The first-order valence-corrected chi connectivity index (χ1v) is 13.4. The Morgan fingerprint density at radius 1 is 0.971 bits per heavy atom. The molecule has 10 nitrogen and oxygen atoms in total. The van der Waals surface area contributed by atoms with Crippen molar-refractivity contribution in [3.05, 3.63) is 59.2 Å². The van der Waals surface area contributed by atoms with Crippen LogP contribution in [0, 0.1) is 6.92 Å². The van der Waals surface area contributed by atoms with Crippen molar-refractivity contribution < 1.29 is 35.1 Å². The number of aryl methyl sites for hydroxylation is 1. The molecule has 0 aliphatic rings. The zero-order valence-corrected chi connectivity index (χ0v) is 21.3. The molecule has 0 unspecified atom stereocenters. The molecule has 0 saturated carbocycles. The van der Waals surface area contributed by atoms with Crippen molar-refractivity contribution in [1.82, 2.24) is 0 Å². The van der Waals surface area contributed by atoms with Gasteiger partial charge in [0.25, 0.3) is 20.2 Å². The monoisotopic (exact) mass is 534 g/mol. The van der Waals surface area contributed by atoms with Gasteiger partial charge in [-0.25, -0.2) is 4.79 Å². The minimum Gasteiger partial charge on any atom is -0.478 e. The normalized spacial score (nSPS) is 11.9. The van der Waals surface area contributed by atoms with E-state index in [2.05, 4.69) is 4.99 Å². The van der Waals surface area contributed by atoms with Crippen molar-refractivity contribution in [2.75, 3.05) is 43.7 Å². The maximum absolute atomic E-state index is 11.2. The standard InChI is InChI=1S/C21H26N2O8S2.ClH/c1-16-14-20(23(10-12-30-32(2,26)27)11-13-31-33(3,28)29)9-6-18(16)15-22-19-7-4-17(5-8-19)21(24)25;/h4-9,14-15H,10-13H2,1-3H3,(H,24,25);1H. The van der Waals surface area contributed by atoms with Crippen LogP contribution in [0.25, 0.3) is 0 Å². The highest BCUT2D eigenvalue weighted by Crippen LogP contribution is 2.20. The van der Waals surface area contributed by atoms with Crippen molar-refractivity contribution in [3.8, 4) is 0 Å². The van der Waals surface area contributed by atoms with Gasteiger partial charge in [-0.3, -0.25) is 13.4 Å². The molecule has 188 valence electrons. The fraction of sp³-hybridized carbons (Fsp3) is 0.333. The highest BCUT2D eigenvalue weighted by Gasteiger charge is 2.12. The first-order chi connectivity index (χ1) is 15.3. The van der Waals surface area contributed by atoms with Gasteiger partial charge in [-0.15, -0.1) is 12.4 Å². The summed E-state index contributed by atoms with van der Waals surface area (Å²) in [6, 6.07) is 11.6. The molecule has 0 fully saturated rings. The van der Waals surface area contributed by atoms with Gasteiger partial charge in [0.2, 0.25) is 0 Å². The van der Waals surface area contributed by atoms with Crippen LogP contribution >= 0.6 is 12.4 Å². The largest absolute Gasteiger partial charge is 0.478 e. The molecule has 0 atom stereocenters. The Morgan fingerprint density at radius 2 is 1.50 bits per heavy atom. The summed E-state index contributed by atoms with van der Waals surface area (Å²) in [5.41, 5.74) is 3.19. The fourth-order valence-corrected chi connectivity index (χ4v) is 3.56.